The minimum Gasteiger partial charge on any atom is -0.356 e. The smallest absolute Gasteiger partial charge is 0.228 e. The van der Waals surface area contributed by atoms with Crippen molar-refractivity contribution >= 4 is 27.7 Å². The van der Waals surface area contributed by atoms with Gasteiger partial charge >= 0.3 is 0 Å². The van der Waals surface area contributed by atoms with E-state index < -0.39 is 0 Å². The van der Waals surface area contributed by atoms with Crippen LogP contribution < -0.4 is 5.32 Å². The number of alkyl halides is 1. The molecule has 25 heavy (non-hydrogen) atoms. The number of hydrogen-bond acceptors (Lipinski definition) is 2. The fraction of sp³-hybridized carbons (Fsp3) is 0.900. The zero-order valence-corrected chi connectivity index (χ0v) is 16.9. The highest BCUT2D eigenvalue weighted by Crippen LogP contribution is 2.64. The highest BCUT2D eigenvalue weighted by atomic mass is 79.9. The lowest BCUT2D eigenvalue weighted by Gasteiger charge is -2.60. The summed E-state index contributed by atoms with van der Waals surface area (Å²) in [6.45, 7) is 4.27. The Bertz CT molecular complexity index is 550. The quantitative estimate of drug-likeness (QED) is 0.721. The zero-order valence-electron chi connectivity index (χ0n) is 15.4. The van der Waals surface area contributed by atoms with Gasteiger partial charge in [-0.25, -0.2) is 0 Å². The summed E-state index contributed by atoms with van der Waals surface area (Å²) in [5, 5.41) is 3.02. The Labute approximate surface area is 159 Å². The van der Waals surface area contributed by atoms with E-state index in [0.717, 1.165) is 63.5 Å². The second-order valence-electron chi connectivity index (χ2n) is 9.27. The third-order valence-corrected chi connectivity index (χ3v) is 8.00. The molecule has 0 aromatic carbocycles. The average molecular weight is 411 g/mol. The summed E-state index contributed by atoms with van der Waals surface area (Å²) in [5.41, 5.74) is -0.143. The lowest BCUT2D eigenvalue weighted by atomic mass is 9.49. The summed E-state index contributed by atoms with van der Waals surface area (Å²) in [6, 6.07) is 0. The van der Waals surface area contributed by atoms with Crippen molar-refractivity contribution in [1.82, 2.24) is 10.2 Å². The van der Waals surface area contributed by atoms with Gasteiger partial charge in [0.05, 0.1) is 11.3 Å². The molecule has 1 saturated heterocycles. The molecular weight excluding hydrogens is 380 g/mol. The Morgan fingerprint density at radius 3 is 2.56 bits per heavy atom. The van der Waals surface area contributed by atoms with E-state index in [-0.39, 0.29) is 21.6 Å². The van der Waals surface area contributed by atoms with Gasteiger partial charge in [0.25, 0.3) is 0 Å². The van der Waals surface area contributed by atoms with Gasteiger partial charge in [-0.2, -0.15) is 0 Å². The number of piperidine rings is 1. The van der Waals surface area contributed by atoms with Gasteiger partial charge in [0.2, 0.25) is 11.8 Å². The highest BCUT2D eigenvalue weighted by Gasteiger charge is 2.60. The first kappa shape index (κ1) is 17.8. The highest BCUT2D eigenvalue weighted by molar-refractivity contribution is 9.10. The first-order valence-corrected chi connectivity index (χ1v) is 11.0. The van der Waals surface area contributed by atoms with Crippen molar-refractivity contribution in [3.63, 3.8) is 0 Å². The Morgan fingerprint density at radius 1 is 1.20 bits per heavy atom. The van der Waals surface area contributed by atoms with Crippen LogP contribution in [0.15, 0.2) is 0 Å². The normalized spacial score (nSPS) is 42.5. The predicted octanol–water partition coefficient (Wildman–Crippen LogP) is 3.49. The molecule has 4 nitrogen and oxygen atoms in total. The predicted molar refractivity (Wildman–Crippen MR) is 101 cm³/mol. The van der Waals surface area contributed by atoms with Gasteiger partial charge in [0.1, 0.15) is 0 Å². The first-order chi connectivity index (χ1) is 11.9. The Hall–Kier alpha value is -0.580. The second kappa shape index (κ2) is 6.54. The topological polar surface area (TPSA) is 49.4 Å². The van der Waals surface area contributed by atoms with Gasteiger partial charge < -0.3 is 10.2 Å². The maximum Gasteiger partial charge on any atom is 0.228 e. The Kier molecular flexibility index (Phi) is 4.66. The molecule has 0 aromatic heterocycles. The molecule has 5 rings (SSSR count). The van der Waals surface area contributed by atoms with Crippen LogP contribution in [0.4, 0.5) is 0 Å². The van der Waals surface area contributed by atoms with Crippen molar-refractivity contribution in [3.8, 4) is 0 Å². The lowest BCUT2D eigenvalue weighted by Crippen LogP contribution is -2.60. The van der Waals surface area contributed by atoms with Crippen molar-refractivity contribution in [2.45, 2.75) is 69.0 Å². The number of rotatable bonds is 4. The van der Waals surface area contributed by atoms with Crippen molar-refractivity contribution in [2.24, 2.45) is 23.2 Å². The summed E-state index contributed by atoms with van der Waals surface area (Å²) in [6.07, 6.45) is 9.83. The van der Waals surface area contributed by atoms with Crippen LogP contribution in [-0.4, -0.2) is 40.7 Å². The van der Waals surface area contributed by atoms with Crippen LogP contribution in [-0.2, 0) is 9.59 Å². The number of nitrogens with zero attached hydrogens (tertiary/aromatic N) is 1. The third kappa shape index (κ3) is 3.26. The molecule has 0 aromatic rings. The largest absolute Gasteiger partial charge is 0.356 e. The van der Waals surface area contributed by atoms with E-state index in [9.17, 15) is 9.59 Å². The Balaban J connectivity index is 1.46. The molecule has 4 aliphatic carbocycles. The monoisotopic (exact) mass is 410 g/mol. The summed E-state index contributed by atoms with van der Waals surface area (Å²) < 4.78 is 0.209. The van der Waals surface area contributed by atoms with Gasteiger partial charge in [-0.05, 0) is 69.6 Å². The first-order valence-electron chi connectivity index (χ1n) is 10.2. The maximum atomic E-state index is 13.5. The van der Waals surface area contributed by atoms with Crippen LogP contribution in [0, 0.1) is 23.2 Å². The molecular formula is C20H31BrN2O2. The van der Waals surface area contributed by atoms with E-state index in [1.54, 1.807) is 0 Å². The number of carbonyl (C=O) groups excluding carboxylic acids is 2. The number of amides is 2. The molecule has 4 saturated carbocycles. The van der Waals surface area contributed by atoms with Gasteiger partial charge in [-0.3, -0.25) is 9.59 Å². The number of nitrogens with one attached hydrogen (secondary N) is 1. The van der Waals surface area contributed by atoms with E-state index in [1.165, 1.54) is 19.3 Å². The van der Waals surface area contributed by atoms with E-state index in [2.05, 4.69) is 28.2 Å². The minimum atomic E-state index is -0.143. The number of carbonyl (C=O) groups is 2. The van der Waals surface area contributed by atoms with Gasteiger partial charge in [-0.1, -0.05) is 22.9 Å². The fourth-order valence-electron chi connectivity index (χ4n) is 6.50. The summed E-state index contributed by atoms with van der Waals surface area (Å²) in [7, 11) is 0. The summed E-state index contributed by atoms with van der Waals surface area (Å²) in [4.78, 5) is 28.0. The summed E-state index contributed by atoms with van der Waals surface area (Å²) in [5.74, 6) is 1.92. The van der Waals surface area contributed by atoms with Crippen molar-refractivity contribution in [2.75, 3.05) is 19.6 Å². The van der Waals surface area contributed by atoms with E-state index in [1.807, 2.05) is 4.90 Å². The molecule has 0 unspecified atom stereocenters. The molecule has 1 heterocycles. The molecule has 140 valence electrons. The molecule has 0 radical (unpaired) electrons. The summed E-state index contributed by atoms with van der Waals surface area (Å²) >= 11 is 4.01. The van der Waals surface area contributed by atoms with Crippen molar-refractivity contribution in [3.05, 3.63) is 0 Å². The van der Waals surface area contributed by atoms with Crippen LogP contribution >= 0.6 is 15.9 Å². The van der Waals surface area contributed by atoms with E-state index in [4.69, 9.17) is 0 Å². The Morgan fingerprint density at radius 2 is 1.92 bits per heavy atom. The molecule has 1 aliphatic heterocycles. The average Bonchev–Trinajstić information content (AvgIpc) is 2.57. The molecule has 5 aliphatic rings. The molecule has 5 heteroatoms. The van der Waals surface area contributed by atoms with Crippen LogP contribution in [0.1, 0.15) is 64.7 Å². The van der Waals surface area contributed by atoms with Crippen molar-refractivity contribution < 1.29 is 9.59 Å². The number of halogens is 1. The lowest BCUT2D eigenvalue weighted by molar-refractivity contribution is -0.158. The zero-order chi connectivity index (χ0) is 17.7. The fourth-order valence-corrected chi connectivity index (χ4v) is 7.96. The standard InChI is InChI=1S/C20H31BrN2O2/c1-2-5-22-17(24)16-4-3-6-23(12-16)18(25)19-8-14-7-15(9-19)11-20(21,10-14)13-19/h14-16H,2-13H2,1H3,(H,22,24)/t14-,15-,16-,19?,20?/m1/s1. The van der Waals surface area contributed by atoms with E-state index >= 15 is 0 Å². The molecule has 4 bridgehead atoms. The molecule has 3 atom stereocenters. The molecule has 0 spiro atoms. The number of likely N-dealkylation sites (tertiary alicyclic amines) is 1. The minimum absolute atomic E-state index is 0.0175. The molecule has 5 fully saturated rings. The molecule has 2 amide bonds. The van der Waals surface area contributed by atoms with E-state index in [0.29, 0.717) is 12.5 Å². The van der Waals surface area contributed by atoms with Crippen LogP contribution in [0.25, 0.3) is 0 Å². The van der Waals surface area contributed by atoms with Crippen molar-refractivity contribution in [1.29, 1.82) is 0 Å². The van der Waals surface area contributed by atoms with Gasteiger partial charge in [-0.15, -0.1) is 0 Å². The maximum absolute atomic E-state index is 13.5. The number of hydrogen-bond donors (Lipinski definition) is 1. The van der Waals surface area contributed by atoms with Crippen LogP contribution in [0.2, 0.25) is 0 Å². The van der Waals surface area contributed by atoms with Gasteiger partial charge in [0.15, 0.2) is 0 Å². The second-order valence-corrected chi connectivity index (χ2v) is 11.0. The molecule has 1 N–H and O–H groups in total. The SMILES string of the molecule is CCCNC(=O)[C@@H]1CCCN(C(=O)C23C[C@H]4C[C@@H](CC(Br)(C4)C2)C3)C1. The van der Waals surface area contributed by atoms with Crippen LogP contribution in [0.3, 0.4) is 0 Å². The third-order valence-electron chi connectivity index (χ3n) is 7.07. The van der Waals surface area contributed by atoms with Gasteiger partial charge in [0, 0.05) is 24.0 Å². The van der Waals surface area contributed by atoms with Crippen LogP contribution in [0.5, 0.6) is 0 Å².